The monoisotopic (exact) mass is 548 g/mol. The normalized spacial score (nSPS) is 13.4. The first-order valence-corrected chi connectivity index (χ1v) is 15.0. The summed E-state index contributed by atoms with van der Waals surface area (Å²) in [5, 5.41) is 8.45. The maximum Gasteiger partial charge on any atom is 0.268 e. The molecule has 1 aliphatic heterocycles. The van der Waals surface area contributed by atoms with Crippen molar-refractivity contribution in [1.82, 2.24) is 10.3 Å². The molecular weight excluding hydrogens is 508 g/mol. The Hall–Kier alpha value is -3.15. The van der Waals surface area contributed by atoms with Crippen LogP contribution in [0.5, 0.6) is 0 Å². The third kappa shape index (κ3) is 8.67. The number of benzene rings is 2. The van der Waals surface area contributed by atoms with Gasteiger partial charge in [-0.15, -0.1) is 0 Å². The Morgan fingerprint density at radius 2 is 1.67 bits per heavy atom. The molecule has 0 saturated carbocycles. The molecule has 0 unspecified atom stereocenters. The van der Waals surface area contributed by atoms with E-state index >= 15 is 0 Å². The van der Waals surface area contributed by atoms with Crippen molar-refractivity contribution in [3.05, 3.63) is 74.8 Å². The van der Waals surface area contributed by atoms with Crippen LogP contribution in [0.25, 0.3) is 21.3 Å². The fourth-order valence-corrected chi connectivity index (χ4v) is 5.69. The quantitative estimate of drug-likeness (QED) is 0.0862. The molecule has 1 aromatic heterocycles. The molecule has 0 bridgehead atoms. The zero-order chi connectivity index (χ0) is 27.3. The minimum Gasteiger partial charge on any atom is -0.372 e. The third-order valence-corrected chi connectivity index (χ3v) is 7.94. The number of unbranched alkanes of at least 4 members (excludes halogenated alkanes) is 6. The van der Waals surface area contributed by atoms with E-state index in [4.69, 9.17) is 17.1 Å². The van der Waals surface area contributed by atoms with Gasteiger partial charge in [-0.05, 0) is 91.9 Å². The Balaban J connectivity index is 1.27. The van der Waals surface area contributed by atoms with E-state index in [1.165, 1.54) is 43.4 Å². The Bertz CT molecular complexity index is 1240. The number of anilines is 1. The molecule has 2 aromatic carbocycles. The van der Waals surface area contributed by atoms with Crippen LogP contribution in [0.4, 0.5) is 5.69 Å². The maximum atomic E-state index is 13.2. The lowest BCUT2D eigenvalue weighted by atomic mass is 10.0. The summed E-state index contributed by atoms with van der Waals surface area (Å²) in [5.41, 5.74) is 13.5. The molecule has 39 heavy (non-hydrogen) atoms. The number of carbonyl (C=O) groups excluding carboxylic acids is 1. The summed E-state index contributed by atoms with van der Waals surface area (Å²) in [6.45, 7) is 3.48. The van der Waals surface area contributed by atoms with E-state index in [2.05, 4.69) is 49.5 Å². The van der Waals surface area contributed by atoms with Crippen LogP contribution in [0.15, 0.2) is 47.6 Å². The SMILES string of the molecule is [N-]=[N+]=NCCCCCCCCCc1c(C(=O)NCCc2ccc(N3CCCCC3)cc2)[nH]c2ccc(Cl)cc12. The Morgan fingerprint density at radius 1 is 0.949 bits per heavy atom. The number of hydrogen-bond donors (Lipinski definition) is 2. The first kappa shape index (κ1) is 28.8. The van der Waals surface area contributed by atoms with Crippen LogP contribution in [0.2, 0.25) is 5.02 Å². The highest BCUT2D eigenvalue weighted by atomic mass is 35.5. The average Bonchev–Trinajstić information content (AvgIpc) is 3.32. The zero-order valence-corrected chi connectivity index (χ0v) is 23.7. The van der Waals surface area contributed by atoms with Gasteiger partial charge in [-0.2, -0.15) is 0 Å². The number of aromatic nitrogens is 1. The number of rotatable bonds is 15. The lowest BCUT2D eigenvalue weighted by molar-refractivity contribution is 0.0949. The van der Waals surface area contributed by atoms with E-state index in [1.54, 1.807) is 0 Å². The van der Waals surface area contributed by atoms with Gasteiger partial charge in [0.25, 0.3) is 5.91 Å². The largest absolute Gasteiger partial charge is 0.372 e. The molecule has 0 radical (unpaired) electrons. The first-order valence-electron chi connectivity index (χ1n) is 14.6. The van der Waals surface area contributed by atoms with Crippen LogP contribution >= 0.6 is 11.6 Å². The molecule has 3 aromatic rings. The zero-order valence-electron chi connectivity index (χ0n) is 22.9. The molecule has 1 saturated heterocycles. The van der Waals surface area contributed by atoms with Crippen LogP contribution < -0.4 is 10.2 Å². The molecule has 1 fully saturated rings. The molecule has 0 aliphatic carbocycles. The van der Waals surface area contributed by atoms with Crippen molar-refractivity contribution in [3.8, 4) is 0 Å². The molecule has 0 spiro atoms. The van der Waals surface area contributed by atoms with Crippen molar-refractivity contribution in [2.75, 3.05) is 31.1 Å². The van der Waals surface area contributed by atoms with Crippen molar-refractivity contribution in [2.45, 2.75) is 77.0 Å². The maximum absolute atomic E-state index is 13.2. The molecule has 1 aliphatic rings. The summed E-state index contributed by atoms with van der Waals surface area (Å²) in [6.07, 6.45) is 13.3. The fourth-order valence-electron chi connectivity index (χ4n) is 5.52. The Kier molecular flexibility index (Phi) is 11.4. The molecule has 8 heteroatoms. The summed E-state index contributed by atoms with van der Waals surface area (Å²) < 4.78 is 0. The number of aromatic amines is 1. The number of H-pyrrole nitrogens is 1. The molecule has 2 heterocycles. The number of halogens is 1. The highest BCUT2D eigenvalue weighted by Gasteiger charge is 2.18. The summed E-state index contributed by atoms with van der Waals surface area (Å²) in [6, 6.07) is 14.6. The molecule has 7 nitrogen and oxygen atoms in total. The molecular formula is C31H41ClN6O. The highest BCUT2D eigenvalue weighted by Crippen LogP contribution is 2.28. The first-order chi connectivity index (χ1) is 19.2. The molecule has 0 atom stereocenters. The number of azide groups is 1. The number of nitrogens with one attached hydrogen (secondary N) is 2. The van der Waals surface area contributed by atoms with Crippen molar-refractivity contribution in [3.63, 3.8) is 0 Å². The van der Waals surface area contributed by atoms with Crippen molar-refractivity contribution in [1.29, 1.82) is 0 Å². The minimum atomic E-state index is -0.0534. The van der Waals surface area contributed by atoms with E-state index < -0.39 is 0 Å². The van der Waals surface area contributed by atoms with Crippen LogP contribution in [0.1, 0.15) is 85.8 Å². The van der Waals surface area contributed by atoms with Gasteiger partial charge in [-0.1, -0.05) is 61.0 Å². The fraction of sp³-hybridized carbons (Fsp3) is 0.516. The smallest absolute Gasteiger partial charge is 0.268 e. The van der Waals surface area contributed by atoms with Gasteiger partial charge in [0.05, 0.1) is 0 Å². The number of piperidine rings is 1. The van der Waals surface area contributed by atoms with Gasteiger partial charge in [0, 0.05) is 52.7 Å². The van der Waals surface area contributed by atoms with Gasteiger partial charge < -0.3 is 15.2 Å². The average molecular weight is 549 g/mol. The van der Waals surface area contributed by atoms with Crippen LogP contribution in [-0.2, 0) is 12.8 Å². The third-order valence-electron chi connectivity index (χ3n) is 7.70. The van der Waals surface area contributed by atoms with Gasteiger partial charge in [0.15, 0.2) is 0 Å². The van der Waals surface area contributed by atoms with Crippen LogP contribution in [0.3, 0.4) is 0 Å². The van der Waals surface area contributed by atoms with E-state index in [0.717, 1.165) is 74.5 Å². The number of carbonyl (C=O) groups is 1. The molecule has 4 rings (SSSR count). The van der Waals surface area contributed by atoms with Gasteiger partial charge in [0.1, 0.15) is 5.69 Å². The summed E-state index contributed by atoms with van der Waals surface area (Å²) in [4.78, 5) is 21.9. The second-order valence-corrected chi connectivity index (χ2v) is 11.0. The molecule has 208 valence electrons. The number of amides is 1. The Labute approximate surface area is 236 Å². The molecule has 1 amide bonds. The lowest BCUT2D eigenvalue weighted by Gasteiger charge is -2.28. The number of aryl methyl sites for hydroxylation is 1. The predicted octanol–water partition coefficient (Wildman–Crippen LogP) is 8.37. The van der Waals surface area contributed by atoms with Gasteiger partial charge in [-0.25, -0.2) is 0 Å². The van der Waals surface area contributed by atoms with E-state index in [0.29, 0.717) is 23.8 Å². The van der Waals surface area contributed by atoms with E-state index in [9.17, 15) is 4.79 Å². The second-order valence-electron chi connectivity index (χ2n) is 10.6. The number of fused-ring (bicyclic) bond motifs is 1. The van der Waals surface area contributed by atoms with Gasteiger partial charge in [-0.3, -0.25) is 4.79 Å². The highest BCUT2D eigenvalue weighted by molar-refractivity contribution is 6.31. The van der Waals surface area contributed by atoms with E-state index in [-0.39, 0.29) is 5.91 Å². The summed E-state index contributed by atoms with van der Waals surface area (Å²) >= 11 is 6.31. The van der Waals surface area contributed by atoms with Crippen molar-refractivity contribution in [2.24, 2.45) is 5.11 Å². The van der Waals surface area contributed by atoms with E-state index in [1.807, 2.05) is 18.2 Å². The van der Waals surface area contributed by atoms with Crippen LogP contribution in [0, 0.1) is 0 Å². The minimum absolute atomic E-state index is 0.0534. The second kappa shape index (κ2) is 15.4. The summed E-state index contributed by atoms with van der Waals surface area (Å²) in [7, 11) is 0. The van der Waals surface area contributed by atoms with Gasteiger partial charge >= 0.3 is 0 Å². The standard InChI is InChI=1S/C31H41ClN6O/c32-25-14-17-29-28(23-25)27(11-7-4-2-1-3-5-8-19-35-37-33)30(36-29)31(39)34-20-18-24-12-15-26(16-13-24)38-21-9-6-10-22-38/h12-17,23,36H,1-11,18-22H2,(H,34,39). The van der Waals surface area contributed by atoms with Crippen molar-refractivity contribution >= 4 is 34.1 Å². The Morgan fingerprint density at radius 3 is 2.41 bits per heavy atom. The molecule has 2 N–H and O–H groups in total. The number of hydrogen-bond acceptors (Lipinski definition) is 3. The van der Waals surface area contributed by atoms with Crippen LogP contribution in [-0.4, -0.2) is 37.1 Å². The lowest BCUT2D eigenvalue weighted by Crippen LogP contribution is -2.29. The van der Waals surface area contributed by atoms with Gasteiger partial charge in [0.2, 0.25) is 0 Å². The van der Waals surface area contributed by atoms with Crippen molar-refractivity contribution < 1.29 is 4.79 Å². The topological polar surface area (TPSA) is 96.9 Å². The predicted molar refractivity (Wildman–Crippen MR) is 162 cm³/mol. The number of nitrogens with zero attached hydrogens (tertiary/aromatic N) is 4. The summed E-state index contributed by atoms with van der Waals surface area (Å²) in [5.74, 6) is -0.0534.